The van der Waals surface area contributed by atoms with Crippen molar-refractivity contribution in [2.75, 3.05) is 6.54 Å². The van der Waals surface area contributed by atoms with Gasteiger partial charge in [0.1, 0.15) is 0 Å². The fourth-order valence-corrected chi connectivity index (χ4v) is 2.29. The van der Waals surface area contributed by atoms with Gasteiger partial charge in [0.25, 0.3) is 0 Å². The van der Waals surface area contributed by atoms with Crippen LogP contribution in [-0.4, -0.2) is 29.2 Å². The summed E-state index contributed by atoms with van der Waals surface area (Å²) in [6.07, 6.45) is 4.10. The van der Waals surface area contributed by atoms with Crippen LogP contribution in [0.15, 0.2) is 0 Å². The van der Waals surface area contributed by atoms with Crippen molar-refractivity contribution < 1.29 is 14.7 Å². The highest BCUT2D eigenvalue weighted by Crippen LogP contribution is 2.28. The minimum atomic E-state index is -0.686. The molecule has 1 rings (SSSR count). The highest BCUT2D eigenvalue weighted by molar-refractivity contribution is 5.74. The standard InChI is InChI=1S/C14H26N2O3/c1-4-14(2,3)16-13(19)15-9-10-5-7-11(8-6-10)12(17)18/h10-11H,4-9H2,1-3H3,(H,17,18)(H2,15,16,19). The number of urea groups is 1. The molecule has 0 bridgehead atoms. The Morgan fingerprint density at radius 3 is 2.26 bits per heavy atom. The molecule has 2 amide bonds. The van der Waals surface area contributed by atoms with E-state index in [9.17, 15) is 9.59 Å². The van der Waals surface area contributed by atoms with Crippen molar-refractivity contribution in [1.29, 1.82) is 0 Å². The minimum absolute atomic E-state index is 0.132. The van der Waals surface area contributed by atoms with E-state index in [0.29, 0.717) is 12.5 Å². The van der Waals surface area contributed by atoms with Crippen LogP contribution in [0.5, 0.6) is 0 Å². The maximum atomic E-state index is 11.7. The van der Waals surface area contributed by atoms with Crippen molar-refractivity contribution in [2.24, 2.45) is 11.8 Å². The van der Waals surface area contributed by atoms with Gasteiger partial charge >= 0.3 is 12.0 Å². The molecule has 0 spiro atoms. The number of hydrogen-bond donors (Lipinski definition) is 3. The molecule has 0 aliphatic heterocycles. The number of carboxylic acid groups (broad SMARTS) is 1. The minimum Gasteiger partial charge on any atom is -0.481 e. The van der Waals surface area contributed by atoms with E-state index < -0.39 is 5.97 Å². The Kier molecular flexibility index (Phi) is 5.63. The highest BCUT2D eigenvalue weighted by Gasteiger charge is 2.26. The van der Waals surface area contributed by atoms with Crippen LogP contribution < -0.4 is 10.6 Å². The van der Waals surface area contributed by atoms with Gasteiger partial charge in [-0.15, -0.1) is 0 Å². The monoisotopic (exact) mass is 270 g/mol. The van der Waals surface area contributed by atoms with Gasteiger partial charge in [0.2, 0.25) is 0 Å². The summed E-state index contributed by atoms with van der Waals surface area (Å²) < 4.78 is 0. The number of rotatable bonds is 5. The van der Waals surface area contributed by atoms with Crippen molar-refractivity contribution in [3.05, 3.63) is 0 Å². The smallest absolute Gasteiger partial charge is 0.315 e. The Labute approximate surface area is 115 Å². The second kappa shape index (κ2) is 6.78. The third kappa shape index (κ3) is 5.49. The highest BCUT2D eigenvalue weighted by atomic mass is 16.4. The summed E-state index contributed by atoms with van der Waals surface area (Å²) in [5, 5.41) is 14.7. The topological polar surface area (TPSA) is 78.4 Å². The molecule has 1 aliphatic rings. The number of hydrogen-bond acceptors (Lipinski definition) is 2. The van der Waals surface area contributed by atoms with E-state index in [4.69, 9.17) is 5.11 Å². The van der Waals surface area contributed by atoms with Crippen LogP contribution in [-0.2, 0) is 4.79 Å². The van der Waals surface area contributed by atoms with E-state index >= 15 is 0 Å². The average Bonchev–Trinajstić information content (AvgIpc) is 2.36. The van der Waals surface area contributed by atoms with Gasteiger partial charge < -0.3 is 15.7 Å². The maximum absolute atomic E-state index is 11.7. The first kappa shape index (κ1) is 15.8. The number of nitrogens with one attached hydrogen (secondary N) is 2. The maximum Gasteiger partial charge on any atom is 0.315 e. The average molecular weight is 270 g/mol. The van der Waals surface area contributed by atoms with E-state index in [2.05, 4.69) is 10.6 Å². The molecule has 0 saturated heterocycles. The lowest BCUT2D eigenvalue weighted by Crippen LogP contribution is -2.49. The lowest BCUT2D eigenvalue weighted by molar-refractivity contribution is -0.143. The van der Waals surface area contributed by atoms with Crippen LogP contribution in [0.25, 0.3) is 0 Å². The summed E-state index contributed by atoms with van der Waals surface area (Å²) in [7, 11) is 0. The number of amides is 2. The largest absolute Gasteiger partial charge is 0.481 e. The van der Waals surface area contributed by atoms with E-state index in [1.807, 2.05) is 20.8 Å². The molecule has 0 unspecified atom stereocenters. The predicted molar refractivity (Wildman–Crippen MR) is 74.0 cm³/mol. The van der Waals surface area contributed by atoms with E-state index in [1.54, 1.807) is 0 Å². The summed E-state index contributed by atoms with van der Waals surface area (Å²) in [6, 6.07) is -0.132. The fraction of sp³-hybridized carbons (Fsp3) is 0.857. The predicted octanol–water partition coefficient (Wildman–Crippen LogP) is 2.37. The van der Waals surface area contributed by atoms with Crippen LogP contribution in [0, 0.1) is 11.8 Å². The van der Waals surface area contributed by atoms with Crippen molar-refractivity contribution >= 4 is 12.0 Å². The molecule has 0 heterocycles. The first-order chi connectivity index (χ1) is 8.84. The molecule has 19 heavy (non-hydrogen) atoms. The number of carbonyl (C=O) groups is 2. The summed E-state index contributed by atoms with van der Waals surface area (Å²) in [6.45, 7) is 6.65. The molecular formula is C14H26N2O3. The van der Waals surface area contributed by atoms with Crippen molar-refractivity contribution in [1.82, 2.24) is 10.6 Å². The molecule has 1 aliphatic carbocycles. The molecule has 0 aromatic heterocycles. The molecule has 5 nitrogen and oxygen atoms in total. The van der Waals surface area contributed by atoms with Gasteiger partial charge in [-0.2, -0.15) is 0 Å². The molecule has 1 fully saturated rings. The van der Waals surface area contributed by atoms with Gasteiger partial charge in [-0.05, 0) is 51.9 Å². The second-order valence-corrected chi connectivity index (χ2v) is 6.13. The molecule has 0 aromatic rings. The normalized spacial score (nSPS) is 23.7. The molecule has 0 atom stereocenters. The lowest BCUT2D eigenvalue weighted by atomic mass is 9.82. The second-order valence-electron chi connectivity index (χ2n) is 6.13. The van der Waals surface area contributed by atoms with Crippen LogP contribution in [0.4, 0.5) is 4.79 Å². The fourth-order valence-electron chi connectivity index (χ4n) is 2.29. The summed E-state index contributed by atoms with van der Waals surface area (Å²) >= 11 is 0. The van der Waals surface area contributed by atoms with Crippen LogP contribution >= 0.6 is 0 Å². The van der Waals surface area contributed by atoms with Crippen molar-refractivity contribution in [3.63, 3.8) is 0 Å². The third-order valence-corrected chi connectivity index (χ3v) is 4.08. The molecule has 0 aromatic carbocycles. The lowest BCUT2D eigenvalue weighted by Gasteiger charge is -2.28. The zero-order chi connectivity index (χ0) is 14.5. The Bertz CT molecular complexity index is 321. The van der Waals surface area contributed by atoms with Crippen molar-refractivity contribution in [3.8, 4) is 0 Å². The Morgan fingerprint density at radius 2 is 1.79 bits per heavy atom. The molecular weight excluding hydrogens is 244 g/mol. The SMILES string of the molecule is CCC(C)(C)NC(=O)NCC1CCC(C(=O)O)CC1. The van der Waals surface area contributed by atoms with Crippen LogP contribution in [0.2, 0.25) is 0 Å². The molecule has 3 N–H and O–H groups in total. The van der Waals surface area contributed by atoms with E-state index in [-0.39, 0.29) is 17.5 Å². The molecule has 110 valence electrons. The van der Waals surface area contributed by atoms with E-state index in [0.717, 1.165) is 32.1 Å². The first-order valence-corrected chi connectivity index (χ1v) is 7.13. The summed E-state index contributed by atoms with van der Waals surface area (Å²) in [5.41, 5.74) is -0.189. The number of carboxylic acids is 1. The quantitative estimate of drug-likeness (QED) is 0.717. The zero-order valence-electron chi connectivity index (χ0n) is 12.2. The van der Waals surface area contributed by atoms with Gasteiger partial charge in [-0.25, -0.2) is 4.79 Å². The summed E-state index contributed by atoms with van der Waals surface area (Å²) in [5.74, 6) is -0.468. The molecule has 0 radical (unpaired) electrons. The Morgan fingerprint density at radius 1 is 1.21 bits per heavy atom. The zero-order valence-corrected chi connectivity index (χ0v) is 12.2. The van der Waals surface area contributed by atoms with Crippen molar-refractivity contribution in [2.45, 2.75) is 58.4 Å². The van der Waals surface area contributed by atoms with E-state index in [1.165, 1.54) is 0 Å². The van der Waals surface area contributed by atoms with Crippen LogP contribution in [0.1, 0.15) is 52.9 Å². The molecule has 1 saturated carbocycles. The number of carbonyl (C=O) groups excluding carboxylic acids is 1. The van der Waals surface area contributed by atoms with Gasteiger partial charge in [0.05, 0.1) is 5.92 Å². The van der Waals surface area contributed by atoms with Crippen LogP contribution in [0.3, 0.4) is 0 Å². The Hall–Kier alpha value is -1.26. The Balaban J connectivity index is 2.24. The molecule has 5 heteroatoms. The third-order valence-electron chi connectivity index (χ3n) is 4.08. The van der Waals surface area contributed by atoms with Gasteiger partial charge in [0.15, 0.2) is 0 Å². The summed E-state index contributed by atoms with van der Waals surface area (Å²) in [4.78, 5) is 22.6. The first-order valence-electron chi connectivity index (χ1n) is 7.13. The van der Waals surface area contributed by atoms with Gasteiger partial charge in [0, 0.05) is 12.1 Å². The van der Waals surface area contributed by atoms with Gasteiger partial charge in [-0.3, -0.25) is 4.79 Å². The van der Waals surface area contributed by atoms with Gasteiger partial charge in [-0.1, -0.05) is 6.92 Å². The number of aliphatic carboxylic acids is 1.